The number of sulfonamides is 1. The van der Waals surface area contributed by atoms with Gasteiger partial charge < -0.3 is 4.74 Å². The Labute approximate surface area is 117 Å². The second-order valence-corrected chi connectivity index (χ2v) is 6.49. The van der Waals surface area contributed by atoms with E-state index >= 15 is 0 Å². The van der Waals surface area contributed by atoms with Gasteiger partial charge in [-0.15, -0.1) is 0 Å². The van der Waals surface area contributed by atoms with Crippen LogP contribution in [0.15, 0.2) is 34.2 Å². The van der Waals surface area contributed by atoms with Gasteiger partial charge in [-0.3, -0.25) is 14.5 Å². The summed E-state index contributed by atoms with van der Waals surface area (Å²) in [4.78, 5) is 15.6. The van der Waals surface area contributed by atoms with E-state index in [9.17, 15) is 13.2 Å². The van der Waals surface area contributed by atoms with Crippen LogP contribution in [0.3, 0.4) is 0 Å². The second kappa shape index (κ2) is 5.62. The number of benzene rings is 1. The van der Waals surface area contributed by atoms with E-state index in [4.69, 9.17) is 4.74 Å². The van der Waals surface area contributed by atoms with E-state index in [0.29, 0.717) is 12.2 Å². The molecule has 0 unspecified atom stereocenters. The summed E-state index contributed by atoms with van der Waals surface area (Å²) in [6, 6.07) is 6.49. The summed E-state index contributed by atoms with van der Waals surface area (Å²) in [7, 11) is -3.56. The van der Waals surface area contributed by atoms with Gasteiger partial charge in [-0.05, 0) is 18.1 Å². The molecule has 1 aliphatic heterocycles. The van der Waals surface area contributed by atoms with E-state index in [1.807, 2.05) is 13.8 Å². The lowest BCUT2D eigenvalue weighted by molar-refractivity contribution is -0.142. The monoisotopic (exact) mass is 296 g/mol. The molecule has 2 rings (SSSR count). The predicted molar refractivity (Wildman–Crippen MR) is 74.0 cm³/mol. The molecule has 0 bridgehead atoms. The summed E-state index contributed by atoms with van der Waals surface area (Å²) < 4.78 is 30.9. The van der Waals surface area contributed by atoms with Crippen molar-refractivity contribution in [1.82, 2.24) is 4.72 Å². The molecule has 0 spiro atoms. The van der Waals surface area contributed by atoms with Crippen molar-refractivity contribution in [1.29, 1.82) is 0 Å². The van der Waals surface area contributed by atoms with E-state index in [2.05, 4.69) is 9.71 Å². The van der Waals surface area contributed by atoms with Crippen molar-refractivity contribution >= 4 is 21.8 Å². The van der Waals surface area contributed by atoms with Crippen molar-refractivity contribution in [3.05, 3.63) is 29.8 Å². The Morgan fingerprint density at radius 2 is 2.05 bits per heavy atom. The molecule has 1 aromatic carbocycles. The van der Waals surface area contributed by atoms with Gasteiger partial charge in [0.05, 0.1) is 11.5 Å². The summed E-state index contributed by atoms with van der Waals surface area (Å²) in [5.41, 5.74) is 0.476. The zero-order valence-corrected chi connectivity index (χ0v) is 12.1. The molecule has 0 aliphatic carbocycles. The Morgan fingerprint density at radius 3 is 2.75 bits per heavy atom. The molecule has 0 aromatic heterocycles. The van der Waals surface area contributed by atoms with Gasteiger partial charge in [0, 0.05) is 5.56 Å². The third kappa shape index (κ3) is 3.16. The van der Waals surface area contributed by atoms with Crippen molar-refractivity contribution < 1.29 is 17.9 Å². The SMILES string of the molecule is CC(C)COC(=O)CN=C1NS(=O)(=O)c2ccccc21. The number of aliphatic imine (C=N–C) groups is 1. The fourth-order valence-corrected chi connectivity index (χ4v) is 2.95. The molecule has 1 aliphatic rings. The lowest BCUT2D eigenvalue weighted by atomic mass is 10.2. The number of rotatable bonds is 4. The lowest BCUT2D eigenvalue weighted by Crippen LogP contribution is -2.23. The van der Waals surface area contributed by atoms with Crippen LogP contribution in [-0.2, 0) is 19.6 Å². The lowest BCUT2D eigenvalue weighted by Gasteiger charge is -2.05. The minimum absolute atomic E-state index is 0.175. The Bertz CT molecular complexity index is 650. The van der Waals surface area contributed by atoms with E-state index in [0.717, 1.165) is 0 Å². The standard InChI is InChI=1S/C13H16N2O4S/c1-9(2)8-19-12(16)7-14-13-10-5-3-4-6-11(10)20(17,18)15-13/h3-6,9H,7-8H2,1-2H3,(H,14,15). The number of ether oxygens (including phenoxy) is 1. The fraction of sp³-hybridized carbons (Fsp3) is 0.385. The Morgan fingerprint density at radius 1 is 1.35 bits per heavy atom. The normalized spacial score (nSPS) is 17.9. The maximum atomic E-state index is 11.8. The zero-order chi connectivity index (χ0) is 14.8. The molecule has 0 saturated carbocycles. The van der Waals surface area contributed by atoms with Crippen LogP contribution in [0.25, 0.3) is 0 Å². The minimum Gasteiger partial charge on any atom is -0.464 e. The van der Waals surface area contributed by atoms with Crippen molar-refractivity contribution in [2.45, 2.75) is 18.7 Å². The second-order valence-electron chi connectivity index (χ2n) is 4.84. The molecule has 1 N–H and O–H groups in total. The number of hydrogen-bond acceptors (Lipinski definition) is 5. The Balaban J connectivity index is 2.12. The van der Waals surface area contributed by atoms with Gasteiger partial charge >= 0.3 is 5.97 Å². The molecule has 0 radical (unpaired) electrons. The maximum absolute atomic E-state index is 11.8. The van der Waals surface area contributed by atoms with Gasteiger partial charge in [0.25, 0.3) is 10.0 Å². The Hall–Kier alpha value is -1.89. The first-order valence-corrected chi connectivity index (χ1v) is 7.71. The largest absolute Gasteiger partial charge is 0.464 e. The molecule has 20 heavy (non-hydrogen) atoms. The number of fused-ring (bicyclic) bond motifs is 1. The van der Waals surface area contributed by atoms with Gasteiger partial charge in [0.2, 0.25) is 0 Å². The summed E-state index contributed by atoms with van der Waals surface area (Å²) in [5.74, 6) is -0.0470. The highest BCUT2D eigenvalue weighted by Crippen LogP contribution is 2.21. The van der Waals surface area contributed by atoms with E-state index in [-0.39, 0.29) is 23.2 Å². The van der Waals surface area contributed by atoms with Crippen LogP contribution in [-0.4, -0.2) is 33.4 Å². The van der Waals surface area contributed by atoms with E-state index in [1.54, 1.807) is 18.2 Å². The van der Waals surface area contributed by atoms with Crippen LogP contribution >= 0.6 is 0 Å². The average molecular weight is 296 g/mol. The van der Waals surface area contributed by atoms with Crippen molar-refractivity contribution in [3.8, 4) is 0 Å². The first kappa shape index (κ1) is 14.5. The topological polar surface area (TPSA) is 84.8 Å². The summed E-state index contributed by atoms with van der Waals surface area (Å²) in [5, 5.41) is 0. The van der Waals surface area contributed by atoms with Crippen LogP contribution in [0.1, 0.15) is 19.4 Å². The average Bonchev–Trinajstić information content (AvgIpc) is 2.66. The summed E-state index contributed by atoms with van der Waals surface area (Å²) in [6.45, 7) is 3.98. The molecule has 0 amide bonds. The van der Waals surface area contributed by atoms with E-state index < -0.39 is 16.0 Å². The molecular weight excluding hydrogens is 280 g/mol. The summed E-state index contributed by atoms with van der Waals surface area (Å²) in [6.07, 6.45) is 0. The summed E-state index contributed by atoms with van der Waals surface area (Å²) >= 11 is 0. The van der Waals surface area contributed by atoms with Gasteiger partial charge in [-0.1, -0.05) is 26.0 Å². The highest BCUT2D eigenvalue weighted by Gasteiger charge is 2.30. The Kier molecular flexibility index (Phi) is 4.08. The fourth-order valence-electron chi connectivity index (χ4n) is 1.70. The van der Waals surface area contributed by atoms with Crippen molar-refractivity contribution in [2.75, 3.05) is 13.2 Å². The van der Waals surface area contributed by atoms with Gasteiger partial charge in [-0.25, -0.2) is 8.42 Å². The highest BCUT2D eigenvalue weighted by atomic mass is 32.2. The quantitative estimate of drug-likeness (QED) is 0.837. The highest BCUT2D eigenvalue weighted by molar-refractivity contribution is 7.90. The molecule has 0 fully saturated rings. The van der Waals surface area contributed by atoms with Gasteiger partial charge in [0.15, 0.2) is 0 Å². The van der Waals surface area contributed by atoms with Crippen LogP contribution in [0, 0.1) is 5.92 Å². The molecule has 0 saturated heterocycles. The zero-order valence-electron chi connectivity index (χ0n) is 11.3. The van der Waals surface area contributed by atoms with Crippen LogP contribution in [0.2, 0.25) is 0 Å². The molecule has 6 nitrogen and oxygen atoms in total. The van der Waals surface area contributed by atoms with E-state index in [1.165, 1.54) is 6.07 Å². The van der Waals surface area contributed by atoms with Gasteiger partial charge in [-0.2, -0.15) is 0 Å². The number of carbonyl (C=O) groups is 1. The van der Waals surface area contributed by atoms with Crippen LogP contribution in [0.5, 0.6) is 0 Å². The number of carbonyl (C=O) groups excluding carboxylic acids is 1. The smallest absolute Gasteiger partial charge is 0.327 e. The first-order valence-electron chi connectivity index (χ1n) is 6.22. The molecule has 1 aromatic rings. The molecule has 1 heterocycles. The van der Waals surface area contributed by atoms with Crippen molar-refractivity contribution in [3.63, 3.8) is 0 Å². The minimum atomic E-state index is -3.56. The first-order chi connectivity index (χ1) is 9.40. The maximum Gasteiger partial charge on any atom is 0.327 e. The van der Waals surface area contributed by atoms with Crippen LogP contribution < -0.4 is 4.72 Å². The molecular formula is C13H16N2O4S. The third-order valence-electron chi connectivity index (χ3n) is 2.61. The molecule has 108 valence electrons. The third-order valence-corrected chi connectivity index (χ3v) is 4.00. The van der Waals surface area contributed by atoms with Crippen molar-refractivity contribution in [2.24, 2.45) is 10.9 Å². The van der Waals surface area contributed by atoms with Crippen LogP contribution in [0.4, 0.5) is 0 Å². The molecule has 0 atom stereocenters. The number of hydrogen-bond donors (Lipinski definition) is 1. The number of amidine groups is 1. The number of esters is 1. The molecule has 7 heteroatoms. The number of nitrogens with one attached hydrogen (secondary N) is 1. The predicted octanol–water partition coefficient (Wildman–Crippen LogP) is 0.924. The number of nitrogens with zero attached hydrogens (tertiary/aromatic N) is 1. The van der Waals surface area contributed by atoms with Gasteiger partial charge in [0.1, 0.15) is 12.4 Å².